The predicted octanol–water partition coefficient (Wildman–Crippen LogP) is 1.84. The highest BCUT2D eigenvalue weighted by Gasteiger charge is 2.29. The molecule has 7 nitrogen and oxygen atoms in total. The van der Waals surface area contributed by atoms with Crippen molar-refractivity contribution in [2.24, 2.45) is 0 Å². The number of piperazine rings is 1. The van der Waals surface area contributed by atoms with Crippen LogP contribution in [0.15, 0.2) is 42.7 Å². The molecular weight excluding hydrogens is 351 g/mol. The number of hydrogen-bond donors (Lipinski definition) is 0. The third kappa shape index (κ3) is 4.72. The van der Waals surface area contributed by atoms with E-state index in [1.165, 1.54) is 9.80 Å². The standard InChI is InChI=1S/C19H19FN4O3/c20-15-11-21-19(22-12-15)24-10-9-23(13-18(24)27)17(26)8-4-7-16(25)14-5-2-1-3-6-14/h1-3,5-6,11-12H,4,7-10,13H2. The Labute approximate surface area is 155 Å². The Balaban J connectivity index is 1.47. The molecule has 0 spiro atoms. The van der Waals surface area contributed by atoms with Crippen LogP contribution < -0.4 is 4.90 Å². The minimum absolute atomic E-state index is 0.00208. The zero-order valence-electron chi connectivity index (χ0n) is 14.7. The maximum atomic E-state index is 12.9. The first-order valence-corrected chi connectivity index (χ1v) is 8.68. The van der Waals surface area contributed by atoms with Crippen molar-refractivity contribution in [1.29, 1.82) is 0 Å². The van der Waals surface area contributed by atoms with E-state index in [1.54, 1.807) is 24.3 Å². The molecule has 0 N–H and O–H groups in total. The van der Waals surface area contributed by atoms with Crippen LogP contribution in [-0.2, 0) is 9.59 Å². The Bertz CT molecular complexity index is 827. The van der Waals surface area contributed by atoms with Crippen molar-refractivity contribution in [2.75, 3.05) is 24.5 Å². The molecule has 0 saturated carbocycles. The van der Waals surface area contributed by atoms with Crippen molar-refractivity contribution in [3.05, 3.63) is 54.1 Å². The summed E-state index contributed by atoms with van der Waals surface area (Å²) in [5, 5.41) is 0. The molecule has 2 amide bonds. The fraction of sp³-hybridized carbons (Fsp3) is 0.316. The number of hydrogen-bond acceptors (Lipinski definition) is 5. The quantitative estimate of drug-likeness (QED) is 0.725. The largest absolute Gasteiger partial charge is 0.332 e. The number of aromatic nitrogens is 2. The number of Topliss-reactive ketones (excluding diaryl/α,β-unsaturated/α-hetero) is 1. The molecule has 2 aromatic rings. The van der Waals surface area contributed by atoms with E-state index in [1.807, 2.05) is 6.07 Å². The summed E-state index contributed by atoms with van der Waals surface area (Å²) < 4.78 is 12.9. The number of rotatable bonds is 6. The van der Waals surface area contributed by atoms with Crippen LogP contribution in [0.1, 0.15) is 29.6 Å². The summed E-state index contributed by atoms with van der Waals surface area (Å²) >= 11 is 0. The van der Waals surface area contributed by atoms with E-state index in [9.17, 15) is 18.8 Å². The van der Waals surface area contributed by atoms with Crippen molar-refractivity contribution in [2.45, 2.75) is 19.3 Å². The summed E-state index contributed by atoms with van der Waals surface area (Å²) in [5.74, 6) is -0.935. The lowest BCUT2D eigenvalue weighted by molar-refractivity contribution is -0.137. The van der Waals surface area contributed by atoms with Gasteiger partial charge in [-0.2, -0.15) is 0 Å². The normalized spacial score (nSPS) is 14.3. The third-order valence-electron chi connectivity index (χ3n) is 4.31. The second-order valence-corrected chi connectivity index (χ2v) is 6.20. The predicted molar refractivity (Wildman–Crippen MR) is 95.5 cm³/mol. The highest BCUT2D eigenvalue weighted by Crippen LogP contribution is 2.14. The van der Waals surface area contributed by atoms with Gasteiger partial charge in [0.15, 0.2) is 11.6 Å². The molecule has 0 atom stereocenters. The van der Waals surface area contributed by atoms with Crippen molar-refractivity contribution in [3.8, 4) is 0 Å². The number of anilines is 1. The third-order valence-corrected chi connectivity index (χ3v) is 4.31. The summed E-state index contributed by atoms with van der Waals surface area (Å²) in [6.45, 7) is 0.517. The number of amides is 2. The summed E-state index contributed by atoms with van der Waals surface area (Å²) in [6.07, 6.45) is 2.92. The van der Waals surface area contributed by atoms with Crippen LogP contribution in [0.25, 0.3) is 0 Å². The van der Waals surface area contributed by atoms with Crippen LogP contribution in [0.4, 0.5) is 10.3 Å². The van der Waals surface area contributed by atoms with Crippen molar-refractivity contribution >= 4 is 23.5 Å². The number of carbonyl (C=O) groups is 3. The molecule has 0 radical (unpaired) electrons. The highest BCUT2D eigenvalue weighted by molar-refractivity contribution is 5.97. The van der Waals surface area contributed by atoms with Crippen LogP contribution in [-0.4, -0.2) is 52.1 Å². The summed E-state index contributed by atoms with van der Waals surface area (Å²) in [7, 11) is 0. The van der Waals surface area contributed by atoms with E-state index in [2.05, 4.69) is 9.97 Å². The highest BCUT2D eigenvalue weighted by atomic mass is 19.1. The molecule has 1 saturated heterocycles. The van der Waals surface area contributed by atoms with Gasteiger partial charge in [-0.3, -0.25) is 19.3 Å². The van der Waals surface area contributed by atoms with Crippen LogP contribution in [0.2, 0.25) is 0 Å². The van der Waals surface area contributed by atoms with Crippen LogP contribution in [0.5, 0.6) is 0 Å². The minimum Gasteiger partial charge on any atom is -0.332 e. The maximum Gasteiger partial charge on any atom is 0.249 e. The lowest BCUT2D eigenvalue weighted by Gasteiger charge is -2.33. The average Bonchev–Trinajstić information content (AvgIpc) is 2.69. The van der Waals surface area contributed by atoms with Gasteiger partial charge < -0.3 is 4.90 Å². The van der Waals surface area contributed by atoms with E-state index >= 15 is 0 Å². The number of benzene rings is 1. The first-order valence-electron chi connectivity index (χ1n) is 8.68. The van der Waals surface area contributed by atoms with Crippen molar-refractivity contribution in [1.82, 2.24) is 14.9 Å². The number of carbonyl (C=O) groups excluding carboxylic acids is 3. The second kappa shape index (κ2) is 8.48. The number of ketones is 1. The van der Waals surface area contributed by atoms with Gasteiger partial charge in [-0.25, -0.2) is 14.4 Å². The molecule has 27 heavy (non-hydrogen) atoms. The van der Waals surface area contributed by atoms with Gasteiger partial charge in [0.05, 0.1) is 12.4 Å². The molecule has 3 rings (SSSR count). The zero-order chi connectivity index (χ0) is 19.2. The van der Waals surface area contributed by atoms with Crippen LogP contribution in [0.3, 0.4) is 0 Å². The Morgan fingerprint density at radius 3 is 2.41 bits per heavy atom. The van der Waals surface area contributed by atoms with Gasteiger partial charge in [-0.05, 0) is 6.42 Å². The van der Waals surface area contributed by atoms with Gasteiger partial charge in [0, 0.05) is 31.5 Å². The monoisotopic (exact) mass is 370 g/mol. The first kappa shape index (κ1) is 18.6. The molecule has 0 aliphatic carbocycles. The summed E-state index contributed by atoms with van der Waals surface area (Å²) in [6, 6.07) is 8.94. The molecule has 1 aliphatic heterocycles. The summed E-state index contributed by atoms with van der Waals surface area (Å²) in [4.78, 5) is 47.0. The molecular formula is C19H19FN4O3. The van der Waals surface area contributed by atoms with E-state index in [0.29, 0.717) is 18.5 Å². The fourth-order valence-electron chi connectivity index (χ4n) is 2.87. The fourth-order valence-corrected chi connectivity index (χ4v) is 2.87. The topological polar surface area (TPSA) is 83.5 Å². The smallest absolute Gasteiger partial charge is 0.249 e. The minimum atomic E-state index is -0.579. The van der Waals surface area contributed by atoms with Gasteiger partial charge in [-0.1, -0.05) is 30.3 Å². The van der Waals surface area contributed by atoms with Crippen molar-refractivity contribution < 1.29 is 18.8 Å². The van der Waals surface area contributed by atoms with Gasteiger partial charge in [0.25, 0.3) is 0 Å². The Morgan fingerprint density at radius 2 is 1.74 bits per heavy atom. The van der Waals surface area contributed by atoms with Gasteiger partial charge in [-0.15, -0.1) is 0 Å². The average molecular weight is 370 g/mol. The number of halogens is 1. The molecule has 1 aromatic carbocycles. The van der Waals surface area contributed by atoms with Crippen LogP contribution >= 0.6 is 0 Å². The van der Waals surface area contributed by atoms with Gasteiger partial charge in [0.1, 0.15) is 6.54 Å². The molecule has 0 unspecified atom stereocenters. The lowest BCUT2D eigenvalue weighted by Crippen LogP contribution is -2.52. The molecule has 140 valence electrons. The van der Waals surface area contributed by atoms with E-state index < -0.39 is 5.82 Å². The second-order valence-electron chi connectivity index (χ2n) is 6.20. The van der Waals surface area contributed by atoms with Gasteiger partial charge >= 0.3 is 0 Å². The summed E-state index contributed by atoms with van der Waals surface area (Å²) in [5.41, 5.74) is 0.632. The Morgan fingerprint density at radius 1 is 1.04 bits per heavy atom. The Kier molecular flexibility index (Phi) is 5.85. The van der Waals surface area contributed by atoms with E-state index in [0.717, 1.165) is 12.4 Å². The van der Waals surface area contributed by atoms with E-state index in [4.69, 9.17) is 0 Å². The Hall–Kier alpha value is -3.16. The van der Waals surface area contributed by atoms with Crippen LogP contribution in [0, 0.1) is 5.82 Å². The SMILES string of the molecule is O=C(CCCC(=O)N1CCN(c2ncc(F)cn2)C(=O)C1)c1ccccc1. The molecule has 0 bridgehead atoms. The lowest BCUT2D eigenvalue weighted by atomic mass is 10.1. The maximum absolute atomic E-state index is 12.9. The molecule has 2 heterocycles. The molecule has 1 aliphatic rings. The van der Waals surface area contributed by atoms with Crippen molar-refractivity contribution in [3.63, 3.8) is 0 Å². The van der Waals surface area contributed by atoms with E-state index in [-0.39, 0.29) is 49.5 Å². The number of nitrogens with zero attached hydrogens (tertiary/aromatic N) is 4. The first-order chi connectivity index (χ1) is 13.0. The van der Waals surface area contributed by atoms with Gasteiger partial charge in [0.2, 0.25) is 17.8 Å². The zero-order valence-corrected chi connectivity index (χ0v) is 14.7. The molecule has 8 heteroatoms. The molecule has 1 fully saturated rings. The molecule has 1 aromatic heterocycles.